The third kappa shape index (κ3) is 4.15. The van der Waals surface area contributed by atoms with Gasteiger partial charge in [0.2, 0.25) is 0 Å². The lowest BCUT2D eigenvalue weighted by molar-refractivity contribution is -0.132. The van der Waals surface area contributed by atoms with Gasteiger partial charge in [0.05, 0.1) is 0 Å². The van der Waals surface area contributed by atoms with E-state index in [1.165, 1.54) is 0 Å². The van der Waals surface area contributed by atoms with Crippen LogP contribution in [-0.4, -0.2) is 36.5 Å². The lowest BCUT2D eigenvalue weighted by Gasteiger charge is -2.16. The minimum Gasteiger partial charge on any atom is -0.484 e. The molecule has 6 heteroatoms. The monoisotopic (exact) mass is 334 g/mol. The summed E-state index contributed by atoms with van der Waals surface area (Å²) in [4.78, 5) is 13.5. The molecule has 1 aromatic rings. The molecule has 0 spiro atoms. The average molecular weight is 336 g/mol. The van der Waals surface area contributed by atoms with Gasteiger partial charge in [0.25, 0.3) is 5.91 Å². The lowest BCUT2D eigenvalue weighted by atomic mass is 10.3. The van der Waals surface area contributed by atoms with Crippen molar-refractivity contribution in [2.75, 3.05) is 19.7 Å². The first-order valence-corrected chi connectivity index (χ1v) is 6.36. The summed E-state index contributed by atoms with van der Waals surface area (Å²) in [7, 11) is 0. The Morgan fingerprint density at radius 1 is 1.44 bits per heavy atom. The fraction of sp³-hybridized carbons (Fsp3) is 0.417. The van der Waals surface area contributed by atoms with E-state index in [4.69, 9.17) is 10.5 Å². The van der Waals surface area contributed by atoms with E-state index >= 15 is 0 Å². The van der Waals surface area contributed by atoms with Crippen molar-refractivity contribution in [3.63, 3.8) is 0 Å². The van der Waals surface area contributed by atoms with E-state index in [9.17, 15) is 4.79 Å². The van der Waals surface area contributed by atoms with Crippen molar-refractivity contribution in [3.05, 3.63) is 28.7 Å². The van der Waals surface area contributed by atoms with E-state index in [-0.39, 0.29) is 31.0 Å². The topological polar surface area (TPSA) is 55.6 Å². The number of carbonyl (C=O) groups is 1. The molecule has 18 heavy (non-hydrogen) atoms. The maximum Gasteiger partial charge on any atom is 0.260 e. The predicted molar refractivity (Wildman–Crippen MR) is 76.1 cm³/mol. The predicted octanol–water partition coefficient (Wildman–Crippen LogP) is 1.81. The Hall–Kier alpha value is -0.780. The van der Waals surface area contributed by atoms with Crippen LogP contribution in [0.1, 0.15) is 6.42 Å². The van der Waals surface area contributed by atoms with Gasteiger partial charge >= 0.3 is 0 Å². The van der Waals surface area contributed by atoms with Gasteiger partial charge in [-0.2, -0.15) is 0 Å². The number of amides is 1. The molecule has 0 aliphatic carbocycles. The SMILES string of the molecule is Cl.N[C@@H]1CCN(C(=O)COc2ccc(Br)cc2)C1. The van der Waals surface area contributed by atoms with E-state index in [1.54, 1.807) is 4.90 Å². The second-order valence-corrected chi connectivity index (χ2v) is 5.05. The molecule has 0 aromatic heterocycles. The number of nitrogens with zero attached hydrogens (tertiary/aromatic N) is 1. The first-order valence-electron chi connectivity index (χ1n) is 5.57. The van der Waals surface area contributed by atoms with Crippen LogP contribution in [0.2, 0.25) is 0 Å². The van der Waals surface area contributed by atoms with Crippen LogP contribution in [0.3, 0.4) is 0 Å². The Kier molecular flexibility index (Phi) is 5.91. The summed E-state index contributed by atoms with van der Waals surface area (Å²) in [5, 5.41) is 0. The zero-order chi connectivity index (χ0) is 12.3. The van der Waals surface area contributed by atoms with Crippen molar-refractivity contribution in [1.82, 2.24) is 4.90 Å². The molecule has 1 aliphatic rings. The quantitative estimate of drug-likeness (QED) is 0.916. The van der Waals surface area contributed by atoms with E-state index in [0.717, 1.165) is 17.4 Å². The van der Waals surface area contributed by atoms with Gasteiger partial charge in [-0.1, -0.05) is 15.9 Å². The lowest BCUT2D eigenvalue weighted by Crippen LogP contribution is -2.35. The van der Waals surface area contributed by atoms with Gasteiger partial charge in [0.15, 0.2) is 6.61 Å². The first kappa shape index (κ1) is 15.3. The van der Waals surface area contributed by atoms with Crippen LogP contribution in [-0.2, 0) is 4.79 Å². The molecule has 1 atom stereocenters. The summed E-state index contributed by atoms with van der Waals surface area (Å²) in [5.74, 6) is 0.700. The Labute approximate surface area is 121 Å². The van der Waals surface area contributed by atoms with Crippen molar-refractivity contribution in [2.24, 2.45) is 5.73 Å². The van der Waals surface area contributed by atoms with Crippen LogP contribution < -0.4 is 10.5 Å². The summed E-state index contributed by atoms with van der Waals surface area (Å²) in [6.07, 6.45) is 0.879. The third-order valence-corrected chi connectivity index (χ3v) is 3.28. The number of ether oxygens (including phenoxy) is 1. The van der Waals surface area contributed by atoms with Crippen LogP contribution in [0, 0.1) is 0 Å². The van der Waals surface area contributed by atoms with Crippen molar-refractivity contribution in [3.8, 4) is 5.75 Å². The molecule has 4 nitrogen and oxygen atoms in total. The van der Waals surface area contributed by atoms with Crippen LogP contribution in [0.25, 0.3) is 0 Å². The number of hydrogen-bond donors (Lipinski definition) is 1. The molecule has 0 saturated carbocycles. The molecule has 100 valence electrons. The van der Waals surface area contributed by atoms with Gasteiger partial charge < -0.3 is 15.4 Å². The highest BCUT2D eigenvalue weighted by Crippen LogP contribution is 2.16. The molecular formula is C12H16BrClN2O2. The van der Waals surface area contributed by atoms with Crippen LogP contribution in [0.5, 0.6) is 5.75 Å². The van der Waals surface area contributed by atoms with Crippen LogP contribution in [0.4, 0.5) is 0 Å². The maximum atomic E-state index is 11.8. The normalized spacial score (nSPS) is 18.3. The second-order valence-electron chi connectivity index (χ2n) is 4.13. The number of rotatable bonds is 3. The first-order chi connectivity index (χ1) is 8.15. The molecule has 1 aliphatic heterocycles. The van der Waals surface area contributed by atoms with Gasteiger partial charge in [0, 0.05) is 23.6 Å². The van der Waals surface area contributed by atoms with Gasteiger partial charge in [-0.25, -0.2) is 0 Å². The Balaban J connectivity index is 0.00000162. The van der Waals surface area contributed by atoms with E-state index in [0.29, 0.717) is 12.3 Å². The maximum absolute atomic E-state index is 11.8. The summed E-state index contributed by atoms with van der Waals surface area (Å²) in [5.41, 5.74) is 5.75. The zero-order valence-electron chi connectivity index (χ0n) is 9.84. The van der Waals surface area contributed by atoms with Gasteiger partial charge in [-0.15, -0.1) is 12.4 Å². The average Bonchev–Trinajstić information content (AvgIpc) is 2.75. The fourth-order valence-electron chi connectivity index (χ4n) is 1.78. The second kappa shape index (κ2) is 6.97. The molecule has 2 rings (SSSR count). The highest BCUT2D eigenvalue weighted by Gasteiger charge is 2.23. The number of carbonyl (C=O) groups excluding carboxylic acids is 1. The molecule has 1 saturated heterocycles. The molecular weight excluding hydrogens is 320 g/mol. The summed E-state index contributed by atoms with van der Waals surface area (Å²) in [6.45, 7) is 1.46. The molecule has 1 aromatic carbocycles. The number of likely N-dealkylation sites (tertiary alicyclic amines) is 1. The highest BCUT2D eigenvalue weighted by molar-refractivity contribution is 9.10. The van der Waals surface area contributed by atoms with Gasteiger partial charge in [0.1, 0.15) is 5.75 Å². The Morgan fingerprint density at radius 2 is 2.11 bits per heavy atom. The van der Waals surface area contributed by atoms with Gasteiger partial charge in [-0.05, 0) is 30.7 Å². The molecule has 0 bridgehead atoms. The van der Waals surface area contributed by atoms with E-state index in [2.05, 4.69) is 15.9 Å². The van der Waals surface area contributed by atoms with Crippen LogP contribution in [0.15, 0.2) is 28.7 Å². The fourth-order valence-corrected chi connectivity index (χ4v) is 2.05. The Morgan fingerprint density at radius 3 is 2.67 bits per heavy atom. The van der Waals surface area contributed by atoms with Crippen LogP contribution >= 0.6 is 28.3 Å². The minimum atomic E-state index is 0. The highest BCUT2D eigenvalue weighted by atomic mass is 79.9. The van der Waals surface area contributed by atoms with Gasteiger partial charge in [-0.3, -0.25) is 4.79 Å². The molecule has 0 radical (unpaired) electrons. The minimum absolute atomic E-state index is 0. The van der Waals surface area contributed by atoms with Crippen molar-refractivity contribution in [2.45, 2.75) is 12.5 Å². The third-order valence-electron chi connectivity index (χ3n) is 2.75. The number of hydrogen-bond acceptors (Lipinski definition) is 3. The van der Waals surface area contributed by atoms with Crippen molar-refractivity contribution in [1.29, 1.82) is 0 Å². The summed E-state index contributed by atoms with van der Waals surface area (Å²) >= 11 is 3.34. The molecule has 1 fully saturated rings. The number of benzene rings is 1. The number of halogens is 2. The number of nitrogens with two attached hydrogens (primary N) is 1. The molecule has 0 unspecified atom stereocenters. The summed E-state index contributed by atoms with van der Waals surface area (Å²) < 4.78 is 6.41. The van der Waals surface area contributed by atoms with Crippen molar-refractivity contribution >= 4 is 34.2 Å². The largest absolute Gasteiger partial charge is 0.484 e. The molecule has 1 heterocycles. The molecule has 1 amide bonds. The van der Waals surface area contributed by atoms with E-state index in [1.807, 2.05) is 24.3 Å². The summed E-state index contributed by atoms with van der Waals surface area (Å²) in [6, 6.07) is 7.53. The van der Waals surface area contributed by atoms with E-state index < -0.39 is 0 Å². The zero-order valence-corrected chi connectivity index (χ0v) is 12.2. The standard InChI is InChI=1S/C12H15BrN2O2.ClH/c13-9-1-3-11(4-2-9)17-8-12(16)15-6-5-10(14)7-15;/h1-4,10H,5-8,14H2;1H/t10-;/m1./s1. The smallest absolute Gasteiger partial charge is 0.260 e. The molecule has 2 N–H and O–H groups in total. The van der Waals surface area contributed by atoms with Crippen molar-refractivity contribution < 1.29 is 9.53 Å². The Bertz CT molecular complexity index is 400.